The highest BCUT2D eigenvalue weighted by Crippen LogP contribution is 2.36. The third-order valence-electron chi connectivity index (χ3n) is 8.56. The largest absolute Gasteiger partial charge is 0.457 e. The summed E-state index contributed by atoms with van der Waals surface area (Å²) in [5.41, 5.74) is 10.1. The number of imide groups is 1. The van der Waals surface area contributed by atoms with Crippen LogP contribution in [0.25, 0.3) is 22.3 Å². The molecule has 11 heteroatoms. The highest BCUT2D eigenvalue weighted by molar-refractivity contribution is 6.01. The van der Waals surface area contributed by atoms with Crippen molar-refractivity contribution in [1.29, 1.82) is 0 Å². The number of alkyl halides is 1. The van der Waals surface area contributed by atoms with Crippen LogP contribution in [0.4, 0.5) is 10.2 Å². The summed E-state index contributed by atoms with van der Waals surface area (Å²) in [4.78, 5) is 34.5. The monoisotopic (exact) mass is 605 g/mol. The maximum absolute atomic E-state index is 15.9. The highest BCUT2D eigenvalue weighted by atomic mass is 19.1. The number of nitrogen functional groups attached to an aromatic ring is 1. The molecule has 2 saturated heterocycles. The molecule has 2 fully saturated rings. The number of fused-ring (bicyclic) bond motifs is 1. The van der Waals surface area contributed by atoms with Gasteiger partial charge in [0.05, 0.1) is 17.3 Å². The zero-order valence-corrected chi connectivity index (χ0v) is 24.5. The van der Waals surface area contributed by atoms with Crippen molar-refractivity contribution in [3.63, 3.8) is 0 Å². The maximum atomic E-state index is 15.9. The number of hydrogen-bond acceptors (Lipinski definition) is 8. The third-order valence-corrected chi connectivity index (χ3v) is 8.56. The number of nitrogens with two attached hydrogens (primary N) is 1. The van der Waals surface area contributed by atoms with Crippen LogP contribution in [0, 0.1) is 0 Å². The lowest BCUT2D eigenvalue weighted by molar-refractivity contribution is -0.134. The molecule has 0 saturated carbocycles. The van der Waals surface area contributed by atoms with E-state index in [1.807, 2.05) is 78.9 Å². The van der Waals surface area contributed by atoms with Crippen molar-refractivity contribution in [1.82, 2.24) is 30.0 Å². The molecule has 2 aromatic heterocycles. The fourth-order valence-electron chi connectivity index (χ4n) is 6.23. The number of carbonyl (C=O) groups excluding carboxylic acids is 2. The molecule has 0 aliphatic carbocycles. The topological polar surface area (TPSA) is 128 Å². The van der Waals surface area contributed by atoms with Crippen molar-refractivity contribution in [3.05, 3.63) is 96.3 Å². The van der Waals surface area contributed by atoms with E-state index >= 15 is 4.39 Å². The van der Waals surface area contributed by atoms with Gasteiger partial charge in [-0.25, -0.2) is 19.0 Å². The second-order valence-electron chi connectivity index (χ2n) is 11.5. The molecule has 3 aromatic carbocycles. The number of para-hydroxylation sites is 1. The molecule has 7 rings (SSSR count). The summed E-state index contributed by atoms with van der Waals surface area (Å²) < 4.78 is 23.5. The van der Waals surface area contributed by atoms with E-state index in [0.717, 1.165) is 22.4 Å². The molecule has 4 heterocycles. The minimum absolute atomic E-state index is 0.226. The van der Waals surface area contributed by atoms with E-state index in [1.165, 1.54) is 6.33 Å². The standard InChI is InChI=1S/C34H32FN7O3/c35-27-19-41(18-21-6-8-22(9-7-21)26-14-15-29(43)39-34(26)44)17-16-28(27)42-33-30(32(36)37-20-38-33)31(40-42)23-10-12-25(13-11-23)45-24-4-2-1-3-5-24/h1-13,20,26-28H,14-19H2,(H2,36,37,38)(H,39,43,44)/t26?,27-,28+/m1/s1. The maximum Gasteiger partial charge on any atom is 0.234 e. The average Bonchev–Trinajstić information content (AvgIpc) is 3.43. The summed E-state index contributed by atoms with van der Waals surface area (Å²) in [6, 6.07) is 24.4. The summed E-state index contributed by atoms with van der Waals surface area (Å²) >= 11 is 0. The zero-order chi connectivity index (χ0) is 30.9. The molecule has 2 aliphatic heterocycles. The Balaban J connectivity index is 1.06. The molecular weight excluding hydrogens is 573 g/mol. The molecule has 0 bridgehead atoms. The molecule has 3 N–H and O–H groups in total. The first-order chi connectivity index (χ1) is 21.9. The second-order valence-corrected chi connectivity index (χ2v) is 11.5. The number of rotatable bonds is 7. The van der Waals surface area contributed by atoms with Crippen LogP contribution < -0.4 is 15.8 Å². The van der Waals surface area contributed by atoms with E-state index in [1.54, 1.807) is 4.68 Å². The predicted molar refractivity (Wildman–Crippen MR) is 167 cm³/mol. The molecule has 10 nitrogen and oxygen atoms in total. The van der Waals surface area contributed by atoms with E-state index in [9.17, 15) is 9.59 Å². The Morgan fingerprint density at radius 1 is 0.933 bits per heavy atom. The van der Waals surface area contributed by atoms with Crippen LogP contribution in [0.15, 0.2) is 85.2 Å². The van der Waals surface area contributed by atoms with E-state index in [4.69, 9.17) is 15.6 Å². The zero-order valence-electron chi connectivity index (χ0n) is 24.5. The minimum atomic E-state index is -1.18. The van der Waals surface area contributed by atoms with Gasteiger partial charge in [-0.3, -0.25) is 19.8 Å². The van der Waals surface area contributed by atoms with Gasteiger partial charge in [-0.15, -0.1) is 0 Å². The van der Waals surface area contributed by atoms with Gasteiger partial charge in [0.25, 0.3) is 0 Å². The summed E-state index contributed by atoms with van der Waals surface area (Å²) in [5.74, 6) is 0.906. The quantitative estimate of drug-likeness (QED) is 0.243. The number of likely N-dealkylation sites (tertiary alicyclic amines) is 1. The van der Waals surface area contributed by atoms with Crippen LogP contribution in [0.1, 0.15) is 42.3 Å². The first-order valence-corrected chi connectivity index (χ1v) is 15.0. The molecule has 5 aromatic rings. The number of benzene rings is 3. The molecule has 3 atom stereocenters. The number of carbonyl (C=O) groups is 2. The second kappa shape index (κ2) is 12.1. The normalized spacial score (nSPS) is 20.7. The van der Waals surface area contributed by atoms with Crippen LogP contribution >= 0.6 is 0 Å². The van der Waals surface area contributed by atoms with Gasteiger partial charge in [0.1, 0.15) is 35.5 Å². The molecule has 0 spiro atoms. The molecule has 0 radical (unpaired) electrons. The SMILES string of the molecule is Nc1ncnc2c1c(-c1ccc(Oc3ccccc3)cc1)nn2[C@H]1CCN(Cc2ccc(C3CCC(=O)NC3=O)cc2)C[C@H]1F. The first kappa shape index (κ1) is 28.6. The highest BCUT2D eigenvalue weighted by Gasteiger charge is 2.34. The first-order valence-electron chi connectivity index (χ1n) is 15.0. The van der Waals surface area contributed by atoms with Gasteiger partial charge >= 0.3 is 0 Å². The van der Waals surface area contributed by atoms with Crippen LogP contribution in [0.5, 0.6) is 11.5 Å². The van der Waals surface area contributed by atoms with Crippen LogP contribution in [-0.4, -0.2) is 55.7 Å². The van der Waals surface area contributed by atoms with Gasteiger partial charge < -0.3 is 10.5 Å². The van der Waals surface area contributed by atoms with Crippen molar-refractivity contribution in [3.8, 4) is 22.8 Å². The van der Waals surface area contributed by atoms with Crippen molar-refractivity contribution in [2.75, 3.05) is 18.8 Å². The van der Waals surface area contributed by atoms with Gasteiger partial charge in [-0.1, -0.05) is 42.5 Å². The lowest BCUT2D eigenvalue weighted by Crippen LogP contribution is -2.42. The lowest BCUT2D eigenvalue weighted by Gasteiger charge is -2.35. The molecule has 2 amide bonds. The summed E-state index contributed by atoms with van der Waals surface area (Å²) in [7, 11) is 0. The Labute approximate surface area is 259 Å². The molecule has 2 aliphatic rings. The van der Waals surface area contributed by atoms with E-state index < -0.39 is 12.2 Å². The number of anilines is 1. The Morgan fingerprint density at radius 2 is 1.69 bits per heavy atom. The van der Waals surface area contributed by atoms with Crippen molar-refractivity contribution < 1.29 is 18.7 Å². The van der Waals surface area contributed by atoms with Gasteiger partial charge in [0.2, 0.25) is 11.8 Å². The summed E-state index contributed by atoms with van der Waals surface area (Å²) in [5, 5.41) is 7.87. The number of aromatic nitrogens is 4. The predicted octanol–water partition coefficient (Wildman–Crippen LogP) is 5.17. The number of nitrogens with one attached hydrogen (secondary N) is 1. The van der Waals surface area contributed by atoms with Gasteiger partial charge in [-0.05, 0) is 60.4 Å². The summed E-state index contributed by atoms with van der Waals surface area (Å²) in [6.07, 6.45) is 1.59. The van der Waals surface area contributed by atoms with Crippen LogP contribution in [0.3, 0.4) is 0 Å². The van der Waals surface area contributed by atoms with Gasteiger partial charge in [0, 0.05) is 31.6 Å². The number of nitrogens with zero attached hydrogens (tertiary/aromatic N) is 5. The molecule has 45 heavy (non-hydrogen) atoms. The van der Waals surface area contributed by atoms with Crippen molar-refractivity contribution in [2.45, 2.75) is 43.9 Å². The van der Waals surface area contributed by atoms with Crippen molar-refractivity contribution in [2.24, 2.45) is 0 Å². The number of ether oxygens (including phenoxy) is 1. The average molecular weight is 606 g/mol. The number of hydrogen-bond donors (Lipinski definition) is 2. The smallest absolute Gasteiger partial charge is 0.234 e. The van der Waals surface area contributed by atoms with Gasteiger partial charge in [-0.2, -0.15) is 5.10 Å². The summed E-state index contributed by atoms with van der Waals surface area (Å²) in [6.45, 7) is 1.49. The Bertz CT molecular complexity index is 1840. The third kappa shape index (κ3) is 5.86. The Hall–Kier alpha value is -5.16. The van der Waals surface area contributed by atoms with Crippen LogP contribution in [-0.2, 0) is 16.1 Å². The number of amides is 2. The van der Waals surface area contributed by atoms with E-state index in [2.05, 4.69) is 20.2 Å². The van der Waals surface area contributed by atoms with Crippen molar-refractivity contribution >= 4 is 28.7 Å². The van der Waals surface area contributed by atoms with Crippen LogP contribution in [0.2, 0.25) is 0 Å². The Morgan fingerprint density at radius 3 is 2.42 bits per heavy atom. The number of piperidine rings is 2. The fourth-order valence-corrected chi connectivity index (χ4v) is 6.23. The lowest BCUT2D eigenvalue weighted by atomic mass is 9.90. The van der Waals surface area contributed by atoms with E-state index in [-0.39, 0.29) is 24.3 Å². The van der Waals surface area contributed by atoms with Gasteiger partial charge in [0.15, 0.2) is 5.65 Å². The molecule has 228 valence electrons. The number of halogens is 1. The fraction of sp³-hybridized carbons (Fsp3) is 0.265. The Kier molecular flexibility index (Phi) is 7.68. The van der Waals surface area contributed by atoms with E-state index in [0.29, 0.717) is 60.6 Å². The molecule has 1 unspecified atom stereocenters. The minimum Gasteiger partial charge on any atom is -0.457 e. The molecular formula is C34H32FN7O3.